The normalized spacial score (nSPS) is 27.1. The highest BCUT2D eigenvalue weighted by atomic mass is 19.4. The Labute approximate surface area is 646 Å². The number of hydrogen-bond donors (Lipinski definition) is 3. The Morgan fingerprint density at radius 2 is 1.30 bits per heavy atom. The lowest BCUT2D eigenvalue weighted by molar-refractivity contribution is -0.169. The van der Waals surface area contributed by atoms with E-state index in [1.165, 1.54) is 90.4 Å². The Bertz CT molecular complexity index is 3860. The highest BCUT2D eigenvalue weighted by Crippen LogP contribution is 2.50. The number of carbonyl (C=O) groups is 15. The fourth-order valence-corrected chi connectivity index (χ4v) is 16.6. The predicted molar refractivity (Wildman–Crippen MR) is 397 cm³/mol. The van der Waals surface area contributed by atoms with Gasteiger partial charge in [-0.05, 0) is 118 Å². The minimum absolute atomic E-state index is 0.0419. The molecule has 608 valence electrons. The van der Waals surface area contributed by atoms with E-state index in [0.29, 0.717) is 38.5 Å². The van der Waals surface area contributed by atoms with Crippen molar-refractivity contribution in [2.45, 2.75) is 211 Å². The summed E-state index contributed by atoms with van der Waals surface area (Å²) in [5, 5.41) is 8.79. The van der Waals surface area contributed by atoms with Crippen molar-refractivity contribution in [3.05, 3.63) is 82.9 Å². The molecule has 2 aromatic carbocycles. The Kier molecular flexibility index (Phi) is 28.7. The number of Topliss-reactive ketones (excluding diaryl/α,β-unsaturated/α-hetero) is 1. The first-order valence-electron chi connectivity index (χ1n) is 38.3. The number of carbonyl (C=O) groups excluding carboxylic acids is 15. The number of amides is 13. The van der Waals surface area contributed by atoms with Crippen LogP contribution in [0, 0.1) is 29.1 Å². The van der Waals surface area contributed by atoms with Gasteiger partial charge < -0.3 is 64.7 Å². The van der Waals surface area contributed by atoms with E-state index in [-0.39, 0.29) is 79.9 Å². The molecule has 3 aliphatic carbocycles. The Hall–Kier alpha value is -9.62. The summed E-state index contributed by atoms with van der Waals surface area (Å²) in [6.07, 6.45) is -1.70. The zero-order chi connectivity index (χ0) is 82.0. The molecule has 1 saturated heterocycles. The van der Waals surface area contributed by atoms with Crippen molar-refractivity contribution < 1.29 is 94.7 Å². The van der Waals surface area contributed by atoms with Gasteiger partial charge in [0.25, 0.3) is 11.8 Å². The van der Waals surface area contributed by atoms with E-state index in [1.54, 1.807) is 39.8 Å². The Balaban J connectivity index is 1.22. The minimum atomic E-state index is -4.76. The molecule has 3 heterocycles. The fourth-order valence-electron chi connectivity index (χ4n) is 16.6. The number of imide groups is 1. The smallest absolute Gasteiger partial charge is 0.378 e. The van der Waals surface area contributed by atoms with Crippen molar-refractivity contribution in [3.63, 3.8) is 0 Å². The number of rotatable bonds is 14. The average Bonchev–Trinajstić information content (AvgIpc) is 1.13. The second-order valence-electron chi connectivity index (χ2n) is 31.7. The van der Waals surface area contributed by atoms with E-state index in [1.807, 2.05) is 13.8 Å². The lowest BCUT2D eigenvalue weighted by Gasteiger charge is -2.54. The number of nitrogens with one attached hydrogen (secondary N) is 3. The number of nitrogens with zero attached hydrogens (tertiary/aromatic N) is 9. The summed E-state index contributed by atoms with van der Waals surface area (Å²) >= 11 is 0. The maximum Gasteiger partial charge on any atom is 0.416 e. The van der Waals surface area contributed by atoms with Crippen molar-refractivity contribution in [1.82, 2.24) is 60.2 Å². The van der Waals surface area contributed by atoms with Crippen LogP contribution in [0.25, 0.3) is 0 Å². The summed E-state index contributed by atoms with van der Waals surface area (Å²) in [4.78, 5) is 237. The van der Waals surface area contributed by atoms with E-state index in [4.69, 9.17) is 9.57 Å². The first-order valence-corrected chi connectivity index (χ1v) is 38.3. The minimum Gasteiger partial charge on any atom is -0.378 e. The van der Waals surface area contributed by atoms with Crippen molar-refractivity contribution in [2.24, 2.45) is 29.1 Å². The molecule has 4 fully saturated rings. The number of likely N-dealkylation sites (N-methyl/N-ethyl adjacent to an activating group) is 7. The number of alkyl halides is 3. The van der Waals surface area contributed by atoms with Gasteiger partial charge in [-0.25, -0.2) is 4.79 Å². The van der Waals surface area contributed by atoms with Gasteiger partial charge in [0.05, 0.1) is 60.7 Å². The van der Waals surface area contributed by atoms with Crippen LogP contribution < -0.4 is 16.0 Å². The molecule has 0 aromatic heterocycles. The van der Waals surface area contributed by atoms with Crippen molar-refractivity contribution in [1.29, 1.82) is 0 Å². The standard InChI is InChI=1S/C79H109F3N12O17/c1-15-25-56-68(101)84-64(46(4)16-2)74(107)88(10)43-62(97)90(12)57-30-19-18-24-37-93(73(57)106)59(38-47-31-33-49(34-32-47)79(80,81)82)72(105)87(9)42-60(95)83-55(35-36-63(98)111-94-69(102)51-28-22-23-29-52(51)70(94)103)66(99)53-39-50(110-17-3)40-54(53)67(100)85-78(44-77(5,6)45-78)76(109)92(14)65(48-26-20-21-27-48)75(108)91(13)58(71(104)86(7)8)41-61(96)89(56)11/h18-19,22-23,28-29,31-34,46,48,50,53-59,64-65H,15-17,20-21,24-27,30,35-45H2,1-14H3,(H,83,95)(H,84,101)(H,85,100)/b19-18-/t46-,50-,53?,54+,55-,56-,57-,58-,59-,64?,65-/m0/s1. The molecular formula is C79H109F3N12O17. The van der Waals surface area contributed by atoms with Crippen LogP contribution in [-0.4, -0.2) is 269 Å². The van der Waals surface area contributed by atoms with Gasteiger partial charge in [-0.15, -0.1) is 0 Å². The highest BCUT2D eigenvalue weighted by molar-refractivity contribution is 6.21. The molecule has 3 N–H and O–H groups in total. The SMILES string of the molecule is CCC[C@H]1C(=O)NC([C@@H](C)CC)C(=O)N(C)CC(=O)N(C)[C@H]2C/C=C\CCN(C2=O)[C@@H](Cc2ccc(C(F)(F)F)cc2)C(=O)N(C)CC(=O)N[C@@H](CCC(=O)ON2C(=O)c3ccccc3C2=O)C(=O)C2C[C@H](OCC)C[C@H]2C(=O)NC2(CC(C)(C)C2)C(=O)N(C)[C@@H](C2CCCC2)C(=O)N(C)[C@H](C(=O)N(C)C)CC(=O)N1C. The average molecular weight is 1560 g/mol. The number of halogens is 3. The van der Waals surface area contributed by atoms with Gasteiger partial charge in [0.2, 0.25) is 65.0 Å². The third-order valence-electron chi connectivity index (χ3n) is 22.8. The van der Waals surface area contributed by atoms with E-state index in [9.17, 15) is 56.3 Å². The summed E-state index contributed by atoms with van der Waals surface area (Å²) in [6.45, 7) is 9.09. The van der Waals surface area contributed by atoms with Gasteiger partial charge in [0.1, 0.15) is 41.8 Å². The molecule has 6 aliphatic rings. The van der Waals surface area contributed by atoms with E-state index in [0.717, 1.165) is 53.7 Å². The molecule has 32 heteroatoms. The summed E-state index contributed by atoms with van der Waals surface area (Å²) in [6, 6.07) is -0.475. The number of hydrogen-bond acceptors (Lipinski definition) is 17. The van der Waals surface area contributed by atoms with Crippen LogP contribution in [-0.2, 0) is 84.5 Å². The first-order chi connectivity index (χ1) is 52.2. The topological polar surface area (TPSA) is 340 Å². The fraction of sp³-hybridized carbons (Fsp3) is 0.633. The lowest BCUT2D eigenvalue weighted by atomic mass is 9.58. The monoisotopic (exact) mass is 1550 g/mol. The summed E-state index contributed by atoms with van der Waals surface area (Å²) in [5.74, 6) is -16.2. The molecule has 0 radical (unpaired) electrons. The molecular weight excluding hydrogens is 1450 g/mol. The Morgan fingerprint density at radius 3 is 1.87 bits per heavy atom. The molecule has 29 nitrogen and oxygen atoms in total. The molecule has 11 atom stereocenters. The molecule has 1 spiro atoms. The van der Waals surface area contributed by atoms with E-state index in [2.05, 4.69) is 16.0 Å². The Morgan fingerprint density at radius 1 is 0.685 bits per heavy atom. The molecule has 3 aliphatic heterocycles. The first kappa shape index (κ1) is 87.0. The molecule has 13 amide bonds. The zero-order valence-corrected chi connectivity index (χ0v) is 66.1. The zero-order valence-electron chi connectivity index (χ0n) is 66.1. The molecule has 2 unspecified atom stereocenters. The number of benzene rings is 2. The van der Waals surface area contributed by atoms with Crippen LogP contribution in [0.5, 0.6) is 0 Å². The summed E-state index contributed by atoms with van der Waals surface area (Å²) in [5.41, 5.74) is -3.28. The van der Waals surface area contributed by atoms with E-state index < -0.39 is 222 Å². The molecule has 3 saturated carbocycles. The highest BCUT2D eigenvalue weighted by Gasteiger charge is 2.60. The second kappa shape index (κ2) is 36.7. The van der Waals surface area contributed by atoms with Gasteiger partial charge in [-0.3, -0.25) is 67.1 Å². The van der Waals surface area contributed by atoms with Crippen LogP contribution in [0.1, 0.15) is 176 Å². The van der Waals surface area contributed by atoms with Crippen LogP contribution in [0.15, 0.2) is 60.7 Å². The summed E-state index contributed by atoms with van der Waals surface area (Å²) < 4.78 is 48.2. The van der Waals surface area contributed by atoms with Crippen LogP contribution >= 0.6 is 0 Å². The van der Waals surface area contributed by atoms with Crippen molar-refractivity contribution >= 4 is 88.5 Å². The third kappa shape index (κ3) is 20.0. The van der Waals surface area contributed by atoms with Gasteiger partial charge in [0, 0.05) is 81.9 Å². The van der Waals surface area contributed by atoms with Crippen LogP contribution in [0.4, 0.5) is 13.2 Å². The molecule has 111 heavy (non-hydrogen) atoms. The number of fused-ring (bicyclic) bond motifs is 4. The van der Waals surface area contributed by atoms with Crippen molar-refractivity contribution in [3.8, 4) is 0 Å². The maximum atomic E-state index is 15.8. The predicted octanol–water partition coefficient (Wildman–Crippen LogP) is 4.73. The third-order valence-corrected chi connectivity index (χ3v) is 22.8. The van der Waals surface area contributed by atoms with Crippen LogP contribution in [0.3, 0.4) is 0 Å². The lowest BCUT2D eigenvalue weighted by Crippen LogP contribution is -2.71. The van der Waals surface area contributed by atoms with Gasteiger partial charge in [-0.1, -0.05) is 102 Å². The second-order valence-corrected chi connectivity index (χ2v) is 31.7. The van der Waals surface area contributed by atoms with Crippen LogP contribution in [0.2, 0.25) is 0 Å². The molecule has 8 rings (SSSR count). The molecule has 2 bridgehead atoms. The van der Waals surface area contributed by atoms with Crippen molar-refractivity contribution in [2.75, 3.05) is 82.6 Å². The van der Waals surface area contributed by atoms with E-state index >= 15 is 28.8 Å². The van der Waals surface area contributed by atoms with Gasteiger partial charge in [-0.2, -0.15) is 13.2 Å². The number of hydroxylamine groups is 2. The maximum absolute atomic E-state index is 15.8. The number of ether oxygens (including phenoxy) is 1. The largest absolute Gasteiger partial charge is 0.416 e. The van der Waals surface area contributed by atoms with Gasteiger partial charge >= 0.3 is 12.1 Å². The quantitative estimate of drug-likeness (QED) is 0.170. The number of ketones is 1. The molecule has 2 aromatic rings. The van der Waals surface area contributed by atoms with Gasteiger partial charge in [0.15, 0.2) is 5.78 Å². The summed E-state index contributed by atoms with van der Waals surface area (Å²) in [7, 11) is 10.9.